The van der Waals surface area contributed by atoms with Gasteiger partial charge in [0.25, 0.3) is 5.69 Å². The number of hydrogen-bond acceptors (Lipinski definition) is 7. The molecule has 1 heterocycles. The predicted molar refractivity (Wildman–Crippen MR) is 128 cm³/mol. The van der Waals surface area contributed by atoms with E-state index in [0.29, 0.717) is 23.1 Å². The van der Waals surface area contributed by atoms with Gasteiger partial charge in [0.2, 0.25) is 5.91 Å². The average Bonchev–Trinajstić information content (AvgIpc) is 3.56. The summed E-state index contributed by atoms with van der Waals surface area (Å²) < 4.78 is 11.0. The summed E-state index contributed by atoms with van der Waals surface area (Å²) >= 11 is 0. The summed E-state index contributed by atoms with van der Waals surface area (Å²) in [4.78, 5) is 23.8. The topological polar surface area (TPSA) is 123 Å². The zero-order valence-corrected chi connectivity index (χ0v) is 19.8. The molecule has 3 N–H and O–H groups in total. The highest BCUT2D eigenvalue weighted by Crippen LogP contribution is 2.45. The van der Waals surface area contributed by atoms with Gasteiger partial charge in [-0.25, -0.2) is 0 Å². The number of aliphatic hydroxyl groups is 1. The molecule has 1 aliphatic carbocycles. The largest absolute Gasteiger partial charge is 0.497 e. The molecule has 33 heavy (non-hydrogen) atoms. The maximum atomic E-state index is 12.7. The third-order valence-corrected chi connectivity index (χ3v) is 5.85. The molecule has 178 valence electrons. The average molecular weight is 476 g/mol. The van der Waals surface area contributed by atoms with Crippen molar-refractivity contribution in [1.82, 2.24) is 5.32 Å². The number of anilines is 1. The van der Waals surface area contributed by atoms with Crippen molar-refractivity contribution in [1.29, 1.82) is 0 Å². The van der Waals surface area contributed by atoms with Crippen LogP contribution in [-0.4, -0.2) is 40.8 Å². The molecule has 4 rings (SSSR count). The van der Waals surface area contributed by atoms with E-state index in [1.807, 2.05) is 0 Å². The molecule has 9 nitrogen and oxygen atoms in total. The van der Waals surface area contributed by atoms with Gasteiger partial charge in [-0.15, -0.1) is 0 Å². The molecule has 0 aromatic heterocycles. The van der Waals surface area contributed by atoms with E-state index in [-0.39, 0.29) is 37.2 Å². The minimum Gasteiger partial charge on any atom is -0.497 e. The number of amides is 1. The number of ether oxygens (including phenoxy) is 2. The molecule has 2 aliphatic rings. The Bertz CT molecular complexity index is 1040. The van der Waals surface area contributed by atoms with E-state index in [1.54, 1.807) is 45.2 Å². The van der Waals surface area contributed by atoms with Crippen LogP contribution >= 0.6 is 13.5 Å². The number of fused-ring (bicyclic) bond motifs is 1. The maximum absolute atomic E-state index is 12.7. The van der Waals surface area contributed by atoms with Gasteiger partial charge in [-0.1, -0.05) is 12.1 Å². The number of benzene rings is 2. The summed E-state index contributed by atoms with van der Waals surface area (Å²) in [6.45, 7) is 3.50. The van der Waals surface area contributed by atoms with Crippen LogP contribution < -0.4 is 20.1 Å². The Morgan fingerprint density at radius 1 is 1.27 bits per heavy atom. The standard InChI is InChI=1S/C23H27N3O6.H2S/c1-23(2)22(28)21(24-14-6-7-14)16-11-17(18(26(29)30)12-19(16)32-23)25-20(27)10-13-4-8-15(31-3)9-5-13;/h4-5,8-9,11-12,14,21-22,24,28H,6-7,10H2,1-3H3,(H,25,27);1H2/t21-,22+;/m0./s1. The Morgan fingerprint density at radius 2 is 1.94 bits per heavy atom. The van der Waals surface area contributed by atoms with Gasteiger partial charge in [-0.2, -0.15) is 13.5 Å². The fraction of sp³-hybridized carbons (Fsp3) is 0.435. The quantitative estimate of drug-likeness (QED) is 0.415. The normalized spacial score (nSPS) is 20.6. The minimum absolute atomic E-state index is 0. The molecule has 10 heteroatoms. The molecule has 1 fully saturated rings. The monoisotopic (exact) mass is 475 g/mol. The lowest BCUT2D eigenvalue weighted by Crippen LogP contribution is -2.53. The number of nitro benzene ring substituents is 1. The van der Waals surface area contributed by atoms with E-state index in [4.69, 9.17) is 9.47 Å². The van der Waals surface area contributed by atoms with Crippen LogP contribution in [0.4, 0.5) is 11.4 Å². The molecule has 0 bridgehead atoms. The molecule has 2 aromatic rings. The van der Waals surface area contributed by atoms with Crippen LogP contribution in [0.5, 0.6) is 11.5 Å². The molecule has 0 spiro atoms. The molecule has 0 saturated heterocycles. The fourth-order valence-electron chi connectivity index (χ4n) is 3.89. The van der Waals surface area contributed by atoms with E-state index >= 15 is 0 Å². The van der Waals surface area contributed by atoms with Crippen LogP contribution in [0.1, 0.15) is 43.9 Å². The van der Waals surface area contributed by atoms with Gasteiger partial charge in [0.05, 0.1) is 30.6 Å². The second-order valence-electron chi connectivity index (χ2n) is 8.81. The number of hydrogen-bond donors (Lipinski definition) is 3. The predicted octanol–water partition coefficient (Wildman–Crippen LogP) is 3.22. The number of rotatable bonds is 7. The molecule has 0 unspecified atom stereocenters. The van der Waals surface area contributed by atoms with E-state index in [9.17, 15) is 20.0 Å². The summed E-state index contributed by atoms with van der Waals surface area (Å²) in [5.41, 5.74) is 0.230. The van der Waals surface area contributed by atoms with Crippen LogP contribution in [0.2, 0.25) is 0 Å². The summed E-state index contributed by atoms with van der Waals surface area (Å²) in [5, 5.41) is 28.7. The summed E-state index contributed by atoms with van der Waals surface area (Å²) in [6, 6.07) is 9.73. The molecule has 2 aromatic carbocycles. The third kappa shape index (κ3) is 5.40. The number of nitro groups is 1. The van der Waals surface area contributed by atoms with Gasteiger partial charge < -0.3 is 25.2 Å². The molecule has 0 radical (unpaired) electrons. The molecule has 1 aliphatic heterocycles. The molecule has 1 amide bonds. The van der Waals surface area contributed by atoms with Gasteiger partial charge >= 0.3 is 0 Å². The Morgan fingerprint density at radius 3 is 2.52 bits per heavy atom. The van der Waals surface area contributed by atoms with Gasteiger partial charge in [-0.05, 0) is 50.5 Å². The fourth-order valence-corrected chi connectivity index (χ4v) is 3.89. The van der Waals surface area contributed by atoms with Gasteiger partial charge in [0.1, 0.15) is 28.9 Å². The van der Waals surface area contributed by atoms with Gasteiger partial charge in [0, 0.05) is 11.6 Å². The van der Waals surface area contributed by atoms with Crippen LogP contribution in [0.15, 0.2) is 36.4 Å². The van der Waals surface area contributed by atoms with Crippen LogP contribution in [0, 0.1) is 10.1 Å². The molecule has 1 saturated carbocycles. The van der Waals surface area contributed by atoms with Crippen molar-refractivity contribution in [2.75, 3.05) is 12.4 Å². The van der Waals surface area contributed by atoms with Crippen molar-refractivity contribution in [2.24, 2.45) is 0 Å². The third-order valence-electron chi connectivity index (χ3n) is 5.85. The number of carbonyl (C=O) groups is 1. The summed E-state index contributed by atoms with van der Waals surface area (Å²) in [5.74, 6) is 0.621. The summed E-state index contributed by atoms with van der Waals surface area (Å²) in [7, 11) is 1.56. The van der Waals surface area contributed by atoms with Crippen molar-refractivity contribution in [2.45, 2.75) is 56.9 Å². The second-order valence-corrected chi connectivity index (χ2v) is 8.81. The van der Waals surface area contributed by atoms with Crippen LogP contribution in [0.25, 0.3) is 0 Å². The molecule has 2 atom stereocenters. The Hall–Kier alpha value is -2.82. The van der Waals surface area contributed by atoms with E-state index in [2.05, 4.69) is 10.6 Å². The highest BCUT2D eigenvalue weighted by atomic mass is 32.1. The highest BCUT2D eigenvalue weighted by molar-refractivity contribution is 7.59. The second kappa shape index (κ2) is 9.58. The van der Waals surface area contributed by atoms with E-state index in [1.165, 1.54) is 12.1 Å². The first-order chi connectivity index (χ1) is 15.2. The first-order valence-electron chi connectivity index (χ1n) is 10.6. The van der Waals surface area contributed by atoms with E-state index < -0.39 is 22.7 Å². The van der Waals surface area contributed by atoms with Crippen molar-refractivity contribution < 1.29 is 24.3 Å². The van der Waals surface area contributed by atoms with Crippen molar-refractivity contribution >= 4 is 30.8 Å². The Balaban J connectivity index is 0.00000306. The smallest absolute Gasteiger partial charge is 0.296 e. The zero-order valence-electron chi connectivity index (χ0n) is 18.8. The number of carbonyl (C=O) groups excluding carboxylic acids is 1. The van der Waals surface area contributed by atoms with Gasteiger partial charge in [-0.3, -0.25) is 14.9 Å². The summed E-state index contributed by atoms with van der Waals surface area (Å²) in [6.07, 6.45) is 1.21. The number of nitrogens with one attached hydrogen (secondary N) is 2. The zero-order chi connectivity index (χ0) is 23.0. The minimum atomic E-state index is -0.924. The van der Waals surface area contributed by atoms with Crippen molar-refractivity contribution in [3.8, 4) is 11.5 Å². The Labute approximate surface area is 199 Å². The van der Waals surface area contributed by atoms with E-state index in [0.717, 1.165) is 18.4 Å². The molecular weight excluding hydrogens is 446 g/mol. The number of methoxy groups -OCH3 is 1. The maximum Gasteiger partial charge on any atom is 0.296 e. The van der Waals surface area contributed by atoms with Crippen molar-refractivity contribution in [3.05, 3.63) is 57.6 Å². The lowest BCUT2D eigenvalue weighted by Gasteiger charge is -2.42. The number of aliphatic hydroxyl groups excluding tert-OH is 1. The Kier molecular flexibility index (Phi) is 7.20. The first kappa shape index (κ1) is 24.8. The van der Waals surface area contributed by atoms with Crippen molar-refractivity contribution in [3.63, 3.8) is 0 Å². The number of nitrogens with zero attached hydrogens (tertiary/aromatic N) is 1. The first-order valence-corrected chi connectivity index (χ1v) is 10.6. The molecular formula is C23H29N3O6S. The van der Waals surface area contributed by atoms with Crippen LogP contribution in [0.3, 0.4) is 0 Å². The lowest BCUT2D eigenvalue weighted by atomic mass is 9.86. The van der Waals surface area contributed by atoms with Gasteiger partial charge in [0.15, 0.2) is 0 Å². The highest BCUT2D eigenvalue weighted by Gasteiger charge is 2.45. The SMILES string of the molecule is COc1ccc(CC(=O)Nc2cc3c(cc2[N+](=O)[O-])OC(C)(C)[C@H](O)[C@H]3NC2CC2)cc1.S. The van der Waals surface area contributed by atoms with Crippen LogP contribution in [-0.2, 0) is 11.2 Å². The lowest BCUT2D eigenvalue weighted by molar-refractivity contribution is -0.384.